The van der Waals surface area contributed by atoms with Crippen molar-refractivity contribution in [2.24, 2.45) is 4.99 Å². The molecule has 206 valence electrons. The van der Waals surface area contributed by atoms with Crippen molar-refractivity contribution >= 4 is 17.7 Å². The van der Waals surface area contributed by atoms with Crippen LogP contribution >= 0.6 is 0 Å². The van der Waals surface area contributed by atoms with Crippen molar-refractivity contribution in [1.82, 2.24) is 4.57 Å². The van der Waals surface area contributed by atoms with Crippen LogP contribution in [0, 0.1) is 0 Å². The number of carbonyl (C=O) groups excluding carboxylic acids is 2. The molecule has 0 bridgehead atoms. The Kier molecular flexibility index (Phi) is 7.11. The van der Waals surface area contributed by atoms with Gasteiger partial charge in [-0.25, -0.2) is 14.4 Å². The van der Waals surface area contributed by atoms with E-state index in [9.17, 15) is 14.7 Å². The number of carbonyl (C=O) groups is 2. The molecular formula is C32H38N2O5. The molecule has 0 atom stereocenters. The summed E-state index contributed by atoms with van der Waals surface area (Å²) in [7, 11) is 1.52. The van der Waals surface area contributed by atoms with Crippen molar-refractivity contribution in [2.45, 2.75) is 71.8 Å². The highest BCUT2D eigenvalue weighted by Crippen LogP contribution is 2.42. The van der Waals surface area contributed by atoms with Gasteiger partial charge in [-0.3, -0.25) is 4.79 Å². The zero-order valence-corrected chi connectivity index (χ0v) is 24.3. The Morgan fingerprint density at radius 3 is 1.77 bits per heavy atom. The fraction of sp³-hybridized carbons (Fsp3) is 0.406. The number of aliphatic imine (C=N–C) groups is 1. The average molecular weight is 531 g/mol. The van der Waals surface area contributed by atoms with Crippen LogP contribution in [-0.4, -0.2) is 46.7 Å². The van der Waals surface area contributed by atoms with E-state index in [1.54, 1.807) is 13.8 Å². The lowest BCUT2D eigenvalue weighted by molar-refractivity contribution is -0.0181. The molecule has 1 N–H and O–H groups in total. The molecule has 1 aliphatic heterocycles. The van der Waals surface area contributed by atoms with Crippen LogP contribution in [0.4, 0.5) is 4.79 Å². The molecule has 0 unspecified atom stereocenters. The van der Waals surface area contributed by atoms with E-state index >= 15 is 0 Å². The number of ether oxygens (including phenoxy) is 2. The van der Waals surface area contributed by atoms with Crippen molar-refractivity contribution < 1.29 is 24.2 Å². The zero-order chi connectivity index (χ0) is 28.9. The van der Waals surface area contributed by atoms with Gasteiger partial charge in [0.05, 0.1) is 29.1 Å². The molecule has 3 aromatic rings. The molecule has 0 saturated carbocycles. The molecule has 0 saturated heterocycles. The van der Waals surface area contributed by atoms with Gasteiger partial charge < -0.3 is 14.6 Å². The Labute approximate surface area is 230 Å². The Morgan fingerprint density at radius 1 is 0.821 bits per heavy atom. The standard InChI is InChI=1S/C32H38N2O5/c1-30(2,3)21-14-10-19(11-15-21)25-23-24(27(35)33-25)26(20-12-16-22(17-13-20)31(4,5)6)34(28(23)36)29(37)39-32(7,8)18-38-9/h10-17,36H,18H2,1-9H3. The highest BCUT2D eigenvalue weighted by molar-refractivity contribution is 6.31. The van der Waals surface area contributed by atoms with Gasteiger partial charge in [-0.15, -0.1) is 0 Å². The number of amides is 1. The second kappa shape index (κ2) is 9.79. The number of aromatic nitrogens is 1. The topological polar surface area (TPSA) is 90.1 Å². The average Bonchev–Trinajstić information content (AvgIpc) is 3.33. The molecule has 2 heterocycles. The second-order valence-corrected chi connectivity index (χ2v) is 12.7. The van der Waals surface area contributed by atoms with Crippen LogP contribution < -0.4 is 0 Å². The minimum absolute atomic E-state index is 0.0480. The smallest absolute Gasteiger partial charge is 0.422 e. The van der Waals surface area contributed by atoms with Gasteiger partial charge in [0.25, 0.3) is 5.91 Å². The van der Waals surface area contributed by atoms with E-state index in [2.05, 4.69) is 46.5 Å². The Bertz CT molecular complexity index is 1440. The molecule has 1 aromatic heterocycles. The maximum absolute atomic E-state index is 13.6. The largest absolute Gasteiger partial charge is 0.494 e. The monoisotopic (exact) mass is 530 g/mol. The molecule has 0 fully saturated rings. The molecule has 2 aromatic carbocycles. The van der Waals surface area contributed by atoms with Crippen molar-refractivity contribution in [3.63, 3.8) is 0 Å². The number of nitrogens with zero attached hydrogens (tertiary/aromatic N) is 2. The Balaban J connectivity index is 1.90. The summed E-state index contributed by atoms with van der Waals surface area (Å²) in [5, 5.41) is 11.5. The fourth-order valence-electron chi connectivity index (χ4n) is 4.78. The molecular weight excluding hydrogens is 492 g/mol. The highest BCUT2D eigenvalue weighted by Gasteiger charge is 2.39. The SMILES string of the molecule is COCC(C)(C)OC(=O)n1c(O)c2c(c1-c1ccc(C(C)(C)C)cc1)C(=O)N=C2c1ccc(C(C)(C)C)cc1. The maximum atomic E-state index is 13.6. The summed E-state index contributed by atoms with van der Waals surface area (Å²) in [5.41, 5.74) is 3.35. The maximum Gasteiger partial charge on any atom is 0.422 e. The fourth-order valence-corrected chi connectivity index (χ4v) is 4.78. The molecule has 0 radical (unpaired) electrons. The van der Waals surface area contributed by atoms with Crippen LogP contribution in [0.5, 0.6) is 5.88 Å². The van der Waals surface area contributed by atoms with Crippen molar-refractivity contribution in [2.75, 3.05) is 13.7 Å². The number of methoxy groups -OCH3 is 1. The number of fused-ring (bicyclic) bond motifs is 1. The predicted octanol–water partition coefficient (Wildman–Crippen LogP) is 6.86. The van der Waals surface area contributed by atoms with Crippen LogP contribution in [-0.2, 0) is 20.3 Å². The first-order valence-electron chi connectivity index (χ1n) is 13.1. The first-order valence-corrected chi connectivity index (χ1v) is 13.1. The van der Waals surface area contributed by atoms with E-state index in [1.165, 1.54) is 7.11 Å². The van der Waals surface area contributed by atoms with E-state index < -0.39 is 17.6 Å². The van der Waals surface area contributed by atoms with E-state index in [1.807, 2.05) is 48.5 Å². The van der Waals surface area contributed by atoms with E-state index in [0.29, 0.717) is 16.8 Å². The molecule has 4 rings (SSSR count). The first-order chi connectivity index (χ1) is 18.0. The summed E-state index contributed by atoms with van der Waals surface area (Å²) < 4.78 is 12.0. The third-order valence-corrected chi connectivity index (χ3v) is 6.90. The molecule has 0 spiro atoms. The summed E-state index contributed by atoms with van der Waals surface area (Å²) in [6, 6.07) is 15.4. The highest BCUT2D eigenvalue weighted by atomic mass is 16.6. The predicted molar refractivity (Wildman–Crippen MR) is 153 cm³/mol. The Morgan fingerprint density at radius 2 is 1.31 bits per heavy atom. The summed E-state index contributed by atoms with van der Waals surface area (Å²) in [5.74, 6) is -0.907. The van der Waals surface area contributed by atoms with Gasteiger partial charge in [-0.2, -0.15) is 0 Å². The number of hydrogen-bond acceptors (Lipinski definition) is 5. The zero-order valence-electron chi connectivity index (χ0n) is 24.3. The van der Waals surface area contributed by atoms with Crippen molar-refractivity contribution in [3.8, 4) is 17.1 Å². The van der Waals surface area contributed by atoms with Gasteiger partial charge in [-0.05, 0) is 41.4 Å². The molecule has 7 heteroatoms. The Hall–Kier alpha value is -3.71. The minimum Gasteiger partial charge on any atom is -0.494 e. The van der Waals surface area contributed by atoms with Crippen molar-refractivity contribution in [3.05, 3.63) is 76.3 Å². The third kappa shape index (κ3) is 5.41. The van der Waals surface area contributed by atoms with Crippen molar-refractivity contribution in [1.29, 1.82) is 0 Å². The molecule has 39 heavy (non-hydrogen) atoms. The quantitative estimate of drug-likeness (QED) is 0.389. The minimum atomic E-state index is -0.968. The molecule has 1 aliphatic rings. The first kappa shape index (κ1) is 28.3. The number of hydrogen-bond donors (Lipinski definition) is 1. The second-order valence-electron chi connectivity index (χ2n) is 12.7. The summed E-state index contributed by atoms with van der Waals surface area (Å²) in [4.78, 5) is 31.3. The molecule has 1 amide bonds. The van der Waals surface area contributed by atoms with Crippen LogP contribution in [0.15, 0.2) is 53.5 Å². The summed E-state index contributed by atoms with van der Waals surface area (Å²) >= 11 is 0. The normalized spacial score (nSPS) is 13.9. The van der Waals surface area contributed by atoms with Crippen LogP contribution in [0.3, 0.4) is 0 Å². The van der Waals surface area contributed by atoms with Crippen LogP contribution in [0.2, 0.25) is 0 Å². The van der Waals surface area contributed by atoms with Gasteiger partial charge in [0.2, 0.25) is 5.88 Å². The van der Waals surface area contributed by atoms with E-state index in [0.717, 1.165) is 15.7 Å². The number of rotatable bonds is 5. The lowest BCUT2D eigenvalue weighted by Gasteiger charge is -2.25. The van der Waals surface area contributed by atoms with Crippen LogP contribution in [0.1, 0.15) is 88.0 Å². The van der Waals surface area contributed by atoms with Gasteiger partial charge >= 0.3 is 6.09 Å². The summed E-state index contributed by atoms with van der Waals surface area (Å²) in [6.45, 7) is 16.3. The van der Waals surface area contributed by atoms with E-state index in [-0.39, 0.29) is 40.1 Å². The molecule has 7 nitrogen and oxygen atoms in total. The summed E-state index contributed by atoms with van der Waals surface area (Å²) in [6.07, 6.45) is -0.811. The van der Waals surface area contributed by atoms with Gasteiger partial charge in [0.15, 0.2) is 0 Å². The number of benzene rings is 2. The molecule has 0 aliphatic carbocycles. The van der Waals surface area contributed by atoms with Gasteiger partial charge in [-0.1, -0.05) is 90.1 Å². The van der Waals surface area contributed by atoms with E-state index in [4.69, 9.17) is 9.47 Å². The third-order valence-electron chi connectivity index (χ3n) is 6.90. The number of aromatic hydroxyl groups is 1. The lowest BCUT2D eigenvalue weighted by Crippen LogP contribution is -2.35. The van der Waals surface area contributed by atoms with Gasteiger partial charge in [0, 0.05) is 12.7 Å². The van der Waals surface area contributed by atoms with Crippen LogP contribution in [0.25, 0.3) is 11.3 Å². The van der Waals surface area contributed by atoms with Gasteiger partial charge in [0.1, 0.15) is 5.60 Å². The lowest BCUT2D eigenvalue weighted by atomic mass is 9.86.